The molecule has 0 aliphatic rings. The zero-order chi connectivity index (χ0) is 8.43. The normalized spacial score (nSPS) is 13.0. The van der Waals surface area contributed by atoms with Crippen molar-refractivity contribution in [3.8, 4) is 0 Å². The van der Waals surface area contributed by atoms with Gasteiger partial charge in [0.2, 0.25) is 0 Å². The molecule has 0 spiro atoms. The summed E-state index contributed by atoms with van der Waals surface area (Å²) >= 11 is 0. The summed E-state index contributed by atoms with van der Waals surface area (Å²) in [6.07, 6.45) is 2.69. The fraction of sp³-hybridized carbons (Fsp3) is 0.375. The Bertz CT molecular complexity index is 265. The molecule has 1 heterocycles. The minimum atomic E-state index is -0.642. The zero-order valence-electron chi connectivity index (χ0n) is 6.78. The van der Waals surface area contributed by atoms with Gasteiger partial charge < -0.3 is 5.11 Å². The Morgan fingerprint density at radius 2 is 2.45 bits per heavy atom. The second-order valence-corrected chi connectivity index (χ2v) is 2.55. The lowest BCUT2D eigenvalue weighted by molar-refractivity contribution is 0.222. The molecule has 1 rings (SSSR count). The highest BCUT2D eigenvalue weighted by Gasteiger charge is 2.09. The first-order chi connectivity index (χ1) is 5.15. The summed E-state index contributed by atoms with van der Waals surface area (Å²) in [5.41, 5.74) is 1.67. The number of aryl methyl sites for hydroxylation is 2. The van der Waals surface area contributed by atoms with E-state index < -0.39 is 6.10 Å². The maximum absolute atomic E-state index is 9.33. The Labute approximate surface area is 66.0 Å². The molecule has 0 aliphatic carbocycles. The van der Waals surface area contributed by atoms with Gasteiger partial charge in [-0.05, 0) is 12.5 Å². The maximum atomic E-state index is 9.33. The van der Waals surface area contributed by atoms with Gasteiger partial charge in [0.1, 0.15) is 6.10 Å². The van der Waals surface area contributed by atoms with Crippen molar-refractivity contribution in [1.29, 1.82) is 0 Å². The average molecular weight is 152 g/mol. The van der Waals surface area contributed by atoms with Gasteiger partial charge in [0.15, 0.2) is 0 Å². The van der Waals surface area contributed by atoms with Crippen LogP contribution in [-0.4, -0.2) is 14.9 Å². The lowest BCUT2D eigenvalue weighted by atomic mass is 10.2. The molecule has 0 saturated heterocycles. The molecule has 3 heteroatoms. The monoisotopic (exact) mass is 152 g/mol. The Balaban J connectivity index is 3.02. The second-order valence-electron chi connectivity index (χ2n) is 2.55. The third kappa shape index (κ3) is 1.49. The topological polar surface area (TPSA) is 38.1 Å². The third-order valence-corrected chi connectivity index (χ3v) is 1.55. The van der Waals surface area contributed by atoms with Gasteiger partial charge in [0.05, 0.1) is 5.69 Å². The standard InChI is InChI=1S/C8H12N2O/c1-4-7(11)8-6(2)5-10(3)9-8/h4-5,7,11H,1H2,2-3H3. The van der Waals surface area contributed by atoms with E-state index in [2.05, 4.69) is 11.7 Å². The van der Waals surface area contributed by atoms with Crippen LogP contribution in [0.2, 0.25) is 0 Å². The highest BCUT2D eigenvalue weighted by atomic mass is 16.3. The molecule has 1 aromatic heterocycles. The summed E-state index contributed by atoms with van der Waals surface area (Å²) in [5, 5.41) is 13.4. The average Bonchev–Trinajstić information content (AvgIpc) is 2.28. The summed E-state index contributed by atoms with van der Waals surface area (Å²) < 4.78 is 1.68. The first kappa shape index (κ1) is 8.01. The molecule has 1 unspecified atom stereocenters. The van der Waals surface area contributed by atoms with E-state index in [0.29, 0.717) is 5.69 Å². The lowest BCUT2D eigenvalue weighted by Crippen LogP contribution is -1.97. The van der Waals surface area contributed by atoms with E-state index in [1.54, 1.807) is 4.68 Å². The van der Waals surface area contributed by atoms with Gasteiger partial charge in [-0.15, -0.1) is 6.58 Å². The molecule has 0 aromatic carbocycles. The van der Waals surface area contributed by atoms with Gasteiger partial charge in [-0.1, -0.05) is 6.08 Å². The fourth-order valence-electron chi connectivity index (χ4n) is 1.03. The van der Waals surface area contributed by atoms with Crippen LogP contribution in [-0.2, 0) is 7.05 Å². The molecule has 1 atom stereocenters. The van der Waals surface area contributed by atoms with Crippen molar-refractivity contribution in [3.05, 3.63) is 30.1 Å². The predicted octanol–water partition coefficient (Wildman–Crippen LogP) is 0.948. The molecule has 1 aromatic rings. The number of rotatable bonds is 2. The molecule has 11 heavy (non-hydrogen) atoms. The molecular formula is C8H12N2O. The molecule has 0 amide bonds. The highest BCUT2D eigenvalue weighted by Crippen LogP contribution is 2.14. The van der Waals surface area contributed by atoms with Crippen molar-refractivity contribution in [2.24, 2.45) is 7.05 Å². The van der Waals surface area contributed by atoms with Crippen LogP contribution in [0, 0.1) is 6.92 Å². The van der Waals surface area contributed by atoms with Crippen LogP contribution < -0.4 is 0 Å². The number of nitrogens with zero attached hydrogens (tertiary/aromatic N) is 2. The van der Waals surface area contributed by atoms with Crippen LogP contribution >= 0.6 is 0 Å². The van der Waals surface area contributed by atoms with Crippen LogP contribution in [0.1, 0.15) is 17.4 Å². The van der Waals surface area contributed by atoms with E-state index in [1.807, 2.05) is 20.2 Å². The van der Waals surface area contributed by atoms with Crippen molar-refractivity contribution >= 4 is 0 Å². The molecule has 0 aliphatic heterocycles. The van der Waals surface area contributed by atoms with Crippen LogP contribution in [0.4, 0.5) is 0 Å². The third-order valence-electron chi connectivity index (χ3n) is 1.55. The van der Waals surface area contributed by atoms with Crippen molar-refractivity contribution in [2.75, 3.05) is 0 Å². The summed E-state index contributed by atoms with van der Waals surface area (Å²) in [5.74, 6) is 0. The number of hydrogen-bond acceptors (Lipinski definition) is 2. The molecule has 3 nitrogen and oxygen atoms in total. The van der Waals surface area contributed by atoms with Gasteiger partial charge in [0.25, 0.3) is 0 Å². The van der Waals surface area contributed by atoms with Crippen molar-refractivity contribution < 1.29 is 5.11 Å². The Kier molecular flexibility index (Phi) is 2.10. The fourth-order valence-corrected chi connectivity index (χ4v) is 1.03. The summed E-state index contributed by atoms with van der Waals surface area (Å²) in [6.45, 7) is 5.40. The van der Waals surface area contributed by atoms with E-state index in [4.69, 9.17) is 0 Å². The van der Waals surface area contributed by atoms with Crippen molar-refractivity contribution in [2.45, 2.75) is 13.0 Å². The van der Waals surface area contributed by atoms with Gasteiger partial charge in [-0.25, -0.2) is 0 Å². The quantitative estimate of drug-likeness (QED) is 0.641. The Morgan fingerprint density at radius 3 is 2.82 bits per heavy atom. The van der Waals surface area contributed by atoms with Crippen LogP contribution in [0.25, 0.3) is 0 Å². The minimum Gasteiger partial charge on any atom is -0.383 e. The van der Waals surface area contributed by atoms with Crippen molar-refractivity contribution in [3.63, 3.8) is 0 Å². The summed E-state index contributed by atoms with van der Waals surface area (Å²) in [6, 6.07) is 0. The molecule has 1 N–H and O–H groups in total. The molecule has 0 saturated carbocycles. The largest absolute Gasteiger partial charge is 0.383 e. The number of aromatic nitrogens is 2. The van der Waals surface area contributed by atoms with Crippen LogP contribution in [0.15, 0.2) is 18.9 Å². The number of aliphatic hydroxyl groups excluding tert-OH is 1. The number of hydrogen-bond donors (Lipinski definition) is 1. The maximum Gasteiger partial charge on any atom is 0.116 e. The van der Waals surface area contributed by atoms with Gasteiger partial charge >= 0.3 is 0 Å². The molecule has 0 bridgehead atoms. The summed E-state index contributed by atoms with van der Waals surface area (Å²) in [4.78, 5) is 0. The van der Waals surface area contributed by atoms with Crippen LogP contribution in [0.3, 0.4) is 0 Å². The van der Waals surface area contributed by atoms with Gasteiger partial charge in [-0.3, -0.25) is 4.68 Å². The van der Waals surface area contributed by atoms with E-state index in [0.717, 1.165) is 5.56 Å². The van der Waals surface area contributed by atoms with Crippen molar-refractivity contribution in [1.82, 2.24) is 9.78 Å². The predicted molar refractivity (Wildman–Crippen MR) is 43.1 cm³/mol. The smallest absolute Gasteiger partial charge is 0.116 e. The SMILES string of the molecule is C=CC(O)c1nn(C)cc1C. The lowest BCUT2D eigenvalue weighted by Gasteiger charge is -2.00. The first-order valence-corrected chi connectivity index (χ1v) is 3.46. The first-order valence-electron chi connectivity index (χ1n) is 3.46. The van der Waals surface area contributed by atoms with E-state index in [9.17, 15) is 5.11 Å². The highest BCUT2D eigenvalue weighted by molar-refractivity contribution is 5.19. The minimum absolute atomic E-state index is 0.642. The van der Waals surface area contributed by atoms with E-state index in [-0.39, 0.29) is 0 Å². The van der Waals surface area contributed by atoms with Gasteiger partial charge in [-0.2, -0.15) is 5.10 Å². The van der Waals surface area contributed by atoms with E-state index in [1.165, 1.54) is 6.08 Å². The van der Waals surface area contributed by atoms with E-state index >= 15 is 0 Å². The molecular weight excluding hydrogens is 140 g/mol. The number of aliphatic hydroxyl groups is 1. The molecule has 0 fully saturated rings. The Morgan fingerprint density at radius 1 is 1.82 bits per heavy atom. The molecule has 0 radical (unpaired) electrons. The van der Waals surface area contributed by atoms with Gasteiger partial charge in [0, 0.05) is 13.2 Å². The second kappa shape index (κ2) is 2.88. The summed E-state index contributed by atoms with van der Waals surface area (Å²) in [7, 11) is 1.83. The molecule has 60 valence electrons. The van der Waals surface area contributed by atoms with Crippen LogP contribution in [0.5, 0.6) is 0 Å². The Hall–Kier alpha value is -1.09. The zero-order valence-corrected chi connectivity index (χ0v) is 6.78.